The molecule has 2 atom stereocenters. The van der Waals surface area contributed by atoms with E-state index >= 15 is 0 Å². The van der Waals surface area contributed by atoms with Gasteiger partial charge in [0.1, 0.15) is 5.82 Å². The maximum Gasteiger partial charge on any atom is 0.252 e. The van der Waals surface area contributed by atoms with Gasteiger partial charge in [-0.3, -0.25) is 9.48 Å². The van der Waals surface area contributed by atoms with E-state index in [0.717, 1.165) is 42.7 Å². The van der Waals surface area contributed by atoms with Crippen LogP contribution in [0.5, 0.6) is 0 Å². The second kappa shape index (κ2) is 7.67. The van der Waals surface area contributed by atoms with Crippen molar-refractivity contribution < 1.29 is 9.18 Å². The molecule has 2 unspecified atom stereocenters. The van der Waals surface area contributed by atoms with Crippen LogP contribution >= 0.6 is 0 Å². The number of halogens is 1. The average Bonchev–Trinajstić information content (AvgIpc) is 3.06. The van der Waals surface area contributed by atoms with Crippen LogP contribution in [0.2, 0.25) is 0 Å². The van der Waals surface area contributed by atoms with E-state index in [-0.39, 0.29) is 29.3 Å². The summed E-state index contributed by atoms with van der Waals surface area (Å²) in [4.78, 5) is 16.2. The fourth-order valence-corrected chi connectivity index (χ4v) is 3.75. The summed E-state index contributed by atoms with van der Waals surface area (Å²) in [7, 11) is 1.84. The van der Waals surface area contributed by atoms with Gasteiger partial charge in [0.25, 0.3) is 5.91 Å². The number of benzene rings is 1. The van der Waals surface area contributed by atoms with Gasteiger partial charge in [-0.25, -0.2) is 9.37 Å². The number of amides is 1. The molecule has 1 aliphatic rings. The molecule has 2 heterocycles. The summed E-state index contributed by atoms with van der Waals surface area (Å²) in [6.07, 6.45) is 5.59. The molecular weight excluding hydrogens is 373 g/mol. The number of hydrogen-bond donors (Lipinski definition) is 4. The van der Waals surface area contributed by atoms with Gasteiger partial charge in [-0.15, -0.1) is 0 Å². The lowest BCUT2D eigenvalue weighted by Gasteiger charge is -2.30. The zero-order chi connectivity index (χ0) is 20.5. The Morgan fingerprint density at radius 3 is 2.79 bits per heavy atom. The Labute approximate surface area is 167 Å². The molecule has 6 N–H and O–H groups in total. The molecule has 2 aromatic heterocycles. The van der Waals surface area contributed by atoms with Crippen molar-refractivity contribution in [3.63, 3.8) is 0 Å². The number of aryl methyl sites for hydroxylation is 1. The Kier molecular flexibility index (Phi) is 5.06. The van der Waals surface area contributed by atoms with E-state index in [1.807, 2.05) is 25.2 Å². The van der Waals surface area contributed by atoms with Gasteiger partial charge in [-0.2, -0.15) is 5.10 Å². The molecule has 3 aromatic rings. The van der Waals surface area contributed by atoms with Crippen LogP contribution in [0.3, 0.4) is 0 Å². The van der Waals surface area contributed by atoms with Crippen LogP contribution in [0.15, 0.2) is 30.5 Å². The molecule has 0 bridgehead atoms. The normalized spacial score (nSPS) is 19.3. The van der Waals surface area contributed by atoms with Crippen LogP contribution in [0.4, 0.5) is 21.7 Å². The fraction of sp³-hybridized carbons (Fsp3) is 0.350. The van der Waals surface area contributed by atoms with E-state index in [1.165, 1.54) is 0 Å². The third kappa shape index (κ3) is 3.86. The minimum atomic E-state index is -0.763. The van der Waals surface area contributed by atoms with Gasteiger partial charge in [-0.05, 0) is 37.1 Å². The molecule has 9 heteroatoms. The zero-order valence-corrected chi connectivity index (χ0v) is 16.2. The van der Waals surface area contributed by atoms with Crippen molar-refractivity contribution >= 4 is 34.1 Å². The number of fused-ring (bicyclic) bond motifs is 1. The lowest BCUT2D eigenvalue weighted by atomic mass is 9.91. The SMILES string of the molecule is Cn1ncc2ccc(Nc3nc(NC4CCCCC4N)c(F)cc3C(N)=O)cc21. The first-order valence-corrected chi connectivity index (χ1v) is 9.63. The Bertz CT molecular complexity index is 1060. The molecule has 1 aromatic carbocycles. The van der Waals surface area contributed by atoms with Crippen LogP contribution in [-0.2, 0) is 7.05 Å². The van der Waals surface area contributed by atoms with Crippen molar-refractivity contribution in [2.45, 2.75) is 37.8 Å². The molecule has 4 rings (SSSR count). The molecule has 1 aliphatic carbocycles. The van der Waals surface area contributed by atoms with Crippen LogP contribution in [0.1, 0.15) is 36.0 Å². The molecular formula is C20H24FN7O. The highest BCUT2D eigenvalue weighted by Crippen LogP contribution is 2.28. The van der Waals surface area contributed by atoms with Gasteiger partial charge in [0.2, 0.25) is 0 Å². The first-order valence-electron chi connectivity index (χ1n) is 9.63. The van der Waals surface area contributed by atoms with Gasteiger partial charge in [0.15, 0.2) is 11.6 Å². The zero-order valence-electron chi connectivity index (χ0n) is 16.2. The number of primary amides is 1. The second-order valence-electron chi connectivity index (χ2n) is 7.45. The van der Waals surface area contributed by atoms with Crippen molar-refractivity contribution in [2.24, 2.45) is 18.5 Å². The summed E-state index contributed by atoms with van der Waals surface area (Å²) in [5, 5.41) is 11.4. The molecule has 1 amide bonds. The van der Waals surface area contributed by atoms with E-state index in [9.17, 15) is 9.18 Å². The molecule has 152 valence electrons. The Hall–Kier alpha value is -3.20. The number of hydrogen-bond acceptors (Lipinski definition) is 6. The van der Waals surface area contributed by atoms with E-state index in [2.05, 4.69) is 20.7 Å². The van der Waals surface area contributed by atoms with Gasteiger partial charge >= 0.3 is 0 Å². The fourth-order valence-electron chi connectivity index (χ4n) is 3.75. The van der Waals surface area contributed by atoms with E-state index in [1.54, 1.807) is 10.9 Å². The summed E-state index contributed by atoms with van der Waals surface area (Å²) in [5.74, 6) is -1.15. The van der Waals surface area contributed by atoms with Gasteiger partial charge in [-0.1, -0.05) is 12.8 Å². The maximum atomic E-state index is 14.6. The molecule has 29 heavy (non-hydrogen) atoms. The first-order chi connectivity index (χ1) is 13.9. The van der Waals surface area contributed by atoms with E-state index in [0.29, 0.717) is 5.69 Å². The van der Waals surface area contributed by atoms with Gasteiger partial charge in [0, 0.05) is 30.2 Å². The lowest BCUT2D eigenvalue weighted by Crippen LogP contribution is -2.43. The number of aromatic nitrogens is 3. The number of nitrogens with one attached hydrogen (secondary N) is 2. The smallest absolute Gasteiger partial charge is 0.252 e. The minimum Gasteiger partial charge on any atom is -0.365 e. The highest BCUT2D eigenvalue weighted by atomic mass is 19.1. The minimum absolute atomic E-state index is 0.0221. The molecule has 1 saturated carbocycles. The largest absolute Gasteiger partial charge is 0.365 e. The molecule has 8 nitrogen and oxygen atoms in total. The Morgan fingerprint density at radius 2 is 2.03 bits per heavy atom. The summed E-state index contributed by atoms with van der Waals surface area (Å²) in [6, 6.07) is 6.59. The van der Waals surface area contributed by atoms with Crippen molar-refractivity contribution in [1.82, 2.24) is 14.8 Å². The number of carbonyl (C=O) groups excluding carboxylic acids is 1. The van der Waals surface area contributed by atoms with Gasteiger partial charge in [0.05, 0.1) is 17.3 Å². The Balaban J connectivity index is 1.68. The van der Waals surface area contributed by atoms with Crippen molar-refractivity contribution in [3.05, 3.63) is 41.8 Å². The van der Waals surface area contributed by atoms with Gasteiger partial charge < -0.3 is 22.1 Å². The van der Waals surface area contributed by atoms with E-state index in [4.69, 9.17) is 11.5 Å². The number of rotatable bonds is 5. The monoisotopic (exact) mass is 397 g/mol. The van der Waals surface area contributed by atoms with E-state index < -0.39 is 11.7 Å². The number of pyridine rings is 1. The van der Waals surface area contributed by atoms with Crippen molar-refractivity contribution in [2.75, 3.05) is 10.6 Å². The second-order valence-corrected chi connectivity index (χ2v) is 7.45. The Morgan fingerprint density at radius 1 is 1.24 bits per heavy atom. The first kappa shape index (κ1) is 19.1. The number of anilines is 3. The molecule has 0 saturated heterocycles. The molecule has 1 fully saturated rings. The topological polar surface area (TPSA) is 124 Å². The van der Waals surface area contributed by atoms with Crippen molar-refractivity contribution in [1.29, 1.82) is 0 Å². The standard InChI is InChI=1S/C20H24FN7O/c1-28-17-8-12(7-6-11(17)10-24-28)25-19-13(18(23)29)9-14(21)20(27-19)26-16-5-3-2-4-15(16)22/h6-10,15-16H,2-5,22H2,1H3,(H2,23,29)(H2,25,26,27). The number of carbonyl (C=O) groups is 1. The third-order valence-electron chi connectivity index (χ3n) is 5.39. The van der Waals surface area contributed by atoms with Crippen LogP contribution < -0.4 is 22.1 Å². The summed E-state index contributed by atoms with van der Waals surface area (Å²) < 4.78 is 16.4. The maximum absolute atomic E-state index is 14.6. The van der Waals surface area contributed by atoms with Crippen LogP contribution in [-0.4, -0.2) is 32.8 Å². The lowest BCUT2D eigenvalue weighted by molar-refractivity contribution is 0.100. The predicted molar refractivity (Wildman–Crippen MR) is 111 cm³/mol. The van der Waals surface area contributed by atoms with Crippen LogP contribution in [0.25, 0.3) is 10.9 Å². The quantitative estimate of drug-likeness (QED) is 0.525. The third-order valence-corrected chi connectivity index (χ3v) is 5.39. The number of nitrogens with zero attached hydrogens (tertiary/aromatic N) is 3. The van der Waals surface area contributed by atoms with Crippen molar-refractivity contribution in [3.8, 4) is 0 Å². The van der Waals surface area contributed by atoms with Crippen LogP contribution in [0, 0.1) is 5.82 Å². The summed E-state index contributed by atoms with van der Waals surface area (Å²) >= 11 is 0. The number of nitrogens with two attached hydrogens (primary N) is 2. The predicted octanol–water partition coefficient (Wildman–Crippen LogP) is 2.63. The molecule has 0 spiro atoms. The highest BCUT2D eigenvalue weighted by Gasteiger charge is 2.24. The molecule has 0 radical (unpaired) electrons. The summed E-state index contributed by atoms with van der Waals surface area (Å²) in [6.45, 7) is 0. The average molecular weight is 397 g/mol. The summed E-state index contributed by atoms with van der Waals surface area (Å²) in [5.41, 5.74) is 13.2. The molecule has 0 aliphatic heterocycles. The highest BCUT2D eigenvalue weighted by molar-refractivity contribution is 5.99.